The summed E-state index contributed by atoms with van der Waals surface area (Å²) < 4.78 is 5.98. The van der Waals surface area contributed by atoms with E-state index < -0.39 is 0 Å². The van der Waals surface area contributed by atoms with E-state index in [4.69, 9.17) is 4.74 Å². The monoisotopic (exact) mass is 267 g/mol. The van der Waals surface area contributed by atoms with Gasteiger partial charge in [0.1, 0.15) is 0 Å². The first-order valence-electron chi connectivity index (χ1n) is 8.45. The summed E-state index contributed by atoms with van der Waals surface area (Å²) in [6, 6.07) is 1.32. The maximum atomic E-state index is 5.98. The summed E-state index contributed by atoms with van der Waals surface area (Å²) in [4.78, 5) is 0. The molecule has 0 aromatic carbocycles. The van der Waals surface area contributed by atoms with Gasteiger partial charge in [-0.25, -0.2) is 0 Å². The number of fused-ring (bicyclic) bond motifs is 1. The standard InChI is InChI=1S/C17H33NO/c1-5-6-7-8-10-13(2)18-15-14-11-9-12-19-16(14)17(15,3)4/h13-16,18H,5-12H2,1-4H3. The predicted molar refractivity (Wildman–Crippen MR) is 81.4 cm³/mol. The van der Waals surface area contributed by atoms with E-state index in [1.54, 1.807) is 0 Å². The Labute approximate surface area is 119 Å². The van der Waals surface area contributed by atoms with Crippen molar-refractivity contribution < 1.29 is 4.74 Å². The molecule has 0 spiro atoms. The van der Waals surface area contributed by atoms with E-state index >= 15 is 0 Å². The quantitative estimate of drug-likeness (QED) is 0.700. The highest BCUT2D eigenvalue weighted by atomic mass is 16.5. The average molecular weight is 267 g/mol. The topological polar surface area (TPSA) is 21.3 Å². The van der Waals surface area contributed by atoms with Crippen molar-refractivity contribution in [2.24, 2.45) is 11.3 Å². The van der Waals surface area contributed by atoms with Gasteiger partial charge in [-0.2, -0.15) is 0 Å². The molecule has 0 bridgehead atoms. The second-order valence-electron chi connectivity index (χ2n) is 7.31. The second kappa shape index (κ2) is 6.58. The Morgan fingerprint density at radius 2 is 2.05 bits per heavy atom. The number of unbranched alkanes of at least 4 members (excludes halogenated alkanes) is 3. The first-order chi connectivity index (χ1) is 9.07. The van der Waals surface area contributed by atoms with Crippen LogP contribution in [0.5, 0.6) is 0 Å². The van der Waals surface area contributed by atoms with Gasteiger partial charge in [-0.05, 0) is 26.2 Å². The number of hydrogen-bond acceptors (Lipinski definition) is 2. The summed E-state index contributed by atoms with van der Waals surface area (Å²) >= 11 is 0. The number of rotatable bonds is 7. The van der Waals surface area contributed by atoms with Crippen LogP contribution in [0, 0.1) is 11.3 Å². The van der Waals surface area contributed by atoms with Crippen LogP contribution in [0.25, 0.3) is 0 Å². The van der Waals surface area contributed by atoms with Crippen molar-refractivity contribution in [3.63, 3.8) is 0 Å². The van der Waals surface area contributed by atoms with Crippen molar-refractivity contribution in [1.29, 1.82) is 0 Å². The van der Waals surface area contributed by atoms with Crippen LogP contribution in [0.1, 0.15) is 72.6 Å². The third-order valence-corrected chi connectivity index (χ3v) is 5.29. The largest absolute Gasteiger partial charge is 0.377 e. The number of hydrogen-bond donors (Lipinski definition) is 1. The summed E-state index contributed by atoms with van der Waals surface area (Å²) in [5.74, 6) is 0.766. The van der Waals surface area contributed by atoms with E-state index in [2.05, 4.69) is 33.0 Å². The van der Waals surface area contributed by atoms with Crippen LogP contribution in [0.3, 0.4) is 0 Å². The summed E-state index contributed by atoms with van der Waals surface area (Å²) in [5, 5.41) is 3.90. The van der Waals surface area contributed by atoms with Gasteiger partial charge < -0.3 is 10.1 Å². The molecule has 0 aromatic heterocycles. The minimum atomic E-state index is 0.322. The van der Waals surface area contributed by atoms with Gasteiger partial charge in [-0.1, -0.05) is 46.5 Å². The van der Waals surface area contributed by atoms with Crippen LogP contribution in [-0.4, -0.2) is 24.8 Å². The molecule has 2 heteroatoms. The van der Waals surface area contributed by atoms with Crippen molar-refractivity contribution in [1.82, 2.24) is 5.32 Å². The van der Waals surface area contributed by atoms with E-state index in [9.17, 15) is 0 Å². The van der Waals surface area contributed by atoms with E-state index in [0.717, 1.165) is 12.5 Å². The summed E-state index contributed by atoms with van der Waals surface area (Å²) in [6.45, 7) is 10.4. The lowest BCUT2D eigenvalue weighted by Crippen LogP contribution is -2.70. The molecule has 112 valence electrons. The first kappa shape index (κ1) is 15.3. The van der Waals surface area contributed by atoms with Crippen LogP contribution >= 0.6 is 0 Å². The Bertz CT molecular complexity index is 276. The smallest absolute Gasteiger partial charge is 0.0684 e. The second-order valence-corrected chi connectivity index (χ2v) is 7.31. The molecule has 19 heavy (non-hydrogen) atoms. The normalized spacial score (nSPS) is 34.4. The van der Waals surface area contributed by atoms with Crippen molar-refractivity contribution in [2.45, 2.75) is 90.8 Å². The average Bonchev–Trinajstić information content (AvgIpc) is 2.41. The highest BCUT2D eigenvalue weighted by molar-refractivity contribution is 5.10. The minimum absolute atomic E-state index is 0.322. The molecule has 1 aliphatic carbocycles. The fourth-order valence-electron chi connectivity index (χ4n) is 4.13. The molecule has 0 aromatic rings. The van der Waals surface area contributed by atoms with Crippen molar-refractivity contribution >= 4 is 0 Å². The zero-order valence-electron chi connectivity index (χ0n) is 13.4. The van der Waals surface area contributed by atoms with Crippen LogP contribution in [0.2, 0.25) is 0 Å². The maximum absolute atomic E-state index is 5.98. The van der Waals surface area contributed by atoms with E-state index in [-0.39, 0.29) is 0 Å². The fraction of sp³-hybridized carbons (Fsp3) is 1.00. The number of nitrogens with one attached hydrogen (secondary N) is 1. The molecule has 1 saturated heterocycles. The van der Waals surface area contributed by atoms with Gasteiger partial charge in [0.2, 0.25) is 0 Å². The van der Waals surface area contributed by atoms with Gasteiger partial charge in [-0.15, -0.1) is 0 Å². The Balaban J connectivity index is 1.75. The van der Waals surface area contributed by atoms with Crippen LogP contribution in [-0.2, 0) is 4.74 Å². The number of ether oxygens (including phenoxy) is 1. The molecule has 1 saturated carbocycles. The predicted octanol–water partition coefficient (Wildman–Crippen LogP) is 4.14. The SMILES string of the molecule is CCCCCCC(C)NC1C2CCCOC2C1(C)C. The Hall–Kier alpha value is -0.0800. The van der Waals surface area contributed by atoms with Gasteiger partial charge in [0, 0.05) is 30.0 Å². The van der Waals surface area contributed by atoms with Crippen molar-refractivity contribution in [3.05, 3.63) is 0 Å². The van der Waals surface area contributed by atoms with E-state index in [0.29, 0.717) is 23.6 Å². The lowest BCUT2D eigenvalue weighted by atomic mass is 9.55. The molecule has 1 N–H and O–H groups in total. The summed E-state index contributed by atoms with van der Waals surface area (Å²) in [5.41, 5.74) is 0.322. The van der Waals surface area contributed by atoms with E-state index in [1.165, 1.54) is 44.9 Å². The van der Waals surface area contributed by atoms with E-state index in [1.807, 2.05) is 0 Å². The van der Waals surface area contributed by atoms with Gasteiger partial charge in [0.25, 0.3) is 0 Å². The molecule has 1 aliphatic heterocycles. The van der Waals surface area contributed by atoms with Crippen LogP contribution in [0.4, 0.5) is 0 Å². The lowest BCUT2D eigenvalue weighted by molar-refractivity contribution is -0.194. The molecule has 2 fully saturated rings. The summed E-state index contributed by atoms with van der Waals surface area (Å²) in [6.07, 6.45) is 9.93. The molecule has 2 nitrogen and oxygen atoms in total. The zero-order chi connectivity index (χ0) is 13.9. The highest BCUT2D eigenvalue weighted by Crippen LogP contribution is 2.51. The third kappa shape index (κ3) is 3.33. The molecule has 1 heterocycles. The first-order valence-corrected chi connectivity index (χ1v) is 8.45. The summed E-state index contributed by atoms with van der Waals surface area (Å²) in [7, 11) is 0. The molecule has 0 amide bonds. The molecular formula is C17H33NO. The fourth-order valence-corrected chi connectivity index (χ4v) is 4.13. The molecule has 2 rings (SSSR count). The van der Waals surface area contributed by atoms with Gasteiger partial charge >= 0.3 is 0 Å². The molecule has 2 aliphatic rings. The van der Waals surface area contributed by atoms with Crippen molar-refractivity contribution in [2.75, 3.05) is 6.61 Å². The molecular weight excluding hydrogens is 234 g/mol. The Kier molecular flexibility index (Phi) is 5.30. The van der Waals surface area contributed by atoms with Gasteiger partial charge in [0.15, 0.2) is 0 Å². The molecule has 4 atom stereocenters. The van der Waals surface area contributed by atoms with Crippen molar-refractivity contribution in [3.8, 4) is 0 Å². The Morgan fingerprint density at radius 1 is 1.26 bits per heavy atom. The maximum Gasteiger partial charge on any atom is 0.0684 e. The third-order valence-electron chi connectivity index (χ3n) is 5.29. The molecule has 0 radical (unpaired) electrons. The van der Waals surface area contributed by atoms with Gasteiger partial charge in [-0.3, -0.25) is 0 Å². The molecule has 4 unspecified atom stereocenters. The van der Waals surface area contributed by atoms with Crippen LogP contribution < -0.4 is 5.32 Å². The van der Waals surface area contributed by atoms with Gasteiger partial charge in [0.05, 0.1) is 6.10 Å². The van der Waals surface area contributed by atoms with Crippen LogP contribution in [0.15, 0.2) is 0 Å². The minimum Gasteiger partial charge on any atom is -0.377 e. The Morgan fingerprint density at radius 3 is 2.79 bits per heavy atom. The zero-order valence-corrected chi connectivity index (χ0v) is 13.4. The lowest BCUT2D eigenvalue weighted by Gasteiger charge is -2.60. The highest BCUT2D eigenvalue weighted by Gasteiger charge is 2.57.